The van der Waals surface area contributed by atoms with E-state index in [4.69, 9.17) is 5.11 Å². The zero-order valence-electron chi connectivity index (χ0n) is 9.54. The Kier molecular flexibility index (Phi) is 3.81. The molecule has 1 amide bonds. The fraction of sp³-hybridized carbons (Fsp3) is 0.364. The number of amides is 1. The lowest BCUT2D eigenvalue weighted by Crippen LogP contribution is -2.46. The first-order chi connectivity index (χ1) is 8.61. The summed E-state index contributed by atoms with van der Waals surface area (Å²) < 4.78 is 0.655. The van der Waals surface area contributed by atoms with Gasteiger partial charge in [0.1, 0.15) is 5.82 Å². The smallest absolute Gasteiger partial charge is 0.337 e. The van der Waals surface area contributed by atoms with Gasteiger partial charge in [-0.05, 0) is 22.0 Å². The number of halogens is 1. The Morgan fingerprint density at radius 3 is 2.56 bits per heavy atom. The normalized spacial score (nSPS) is 15.6. The minimum Gasteiger partial charge on any atom is -0.478 e. The molecular weight excluding hydrogens is 302 g/mol. The largest absolute Gasteiger partial charge is 0.478 e. The van der Waals surface area contributed by atoms with E-state index in [1.54, 1.807) is 4.90 Å². The van der Waals surface area contributed by atoms with Gasteiger partial charge in [0.05, 0.1) is 10.0 Å². The van der Waals surface area contributed by atoms with Crippen LogP contribution >= 0.6 is 15.9 Å². The number of nitrogens with zero attached hydrogens (tertiary/aromatic N) is 3. The summed E-state index contributed by atoms with van der Waals surface area (Å²) in [5, 5.41) is 8.86. The molecule has 1 aliphatic heterocycles. The molecule has 0 bridgehead atoms. The molecule has 18 heavy (non-hydrogen) atoms. The maximum Gasteiger partial charge on any atom is 0.337 e. The highest BCUT2D eigenvalue weighted by Gasteiger charge is 2.19. The number of carboxylic acid groups (broad SMARTS) is 1. The molecule has 1 aliphatic rings. The topological polar surface area (TPSA) is 73.7 Å². The van der Waals surface area contributed by atoms with E-state index >= 15 is 0 Å². The van der Waals surface area contributed by atoms with Gasteiger partial charge in [-0.25, -0.2) is 9.78 Å². The molecule has 0 aliphatic carbocycles. The molecule has 0 saturated carbocycles. The predicted molar refractivity (Wildman–Crippen MR) is 68.7 cm³/mol. The summed E-state index contributed by atoms with van der Waals surface area (Å²) in [5.41, 5.74) is 0.150. The van der Waals surface area contributed by atoms with E-state index in [9.17, 15) is 9.59 Å². The summed E-state index contributed by atoms with van der Waals surface area (Å²) in [5.74, 6) is -0.286. The van der Waals surface area contributed by atoms with Crippen molar-refractivity contribution in [2.24, 2.45) is 0 Å². The first kappa shape index (κ1) is 12.8. The second-order valence-corrected chi connectivity index (χ2v) is 4.82. The number of aromatic carboxylic acids is 1. The summed E-state index contributed by atoms with van der Waals surface area (Å²) in [6, 6.07) is 1.54. The van der Waals surface area contributed by atoms with Crippen LogP contribution < -0.4 is 4.90 Å². The number of aromatic nitrogens is 1. The lowest BCUT2D eigenvalue weighted by Gasteiger charge is -2.33. The second-order valence-electron chi connectivity index (χ2n) is 3.96. The Morgan fingerprint density at radius 2 is 2.06 bits per heavy atom. The van der Waals surface area contributed by atoms with Crippen molar-refractivity contribution >= 4 is 34.1 Å². The molecule has 0 aromatic carbocycles. The first-order valence-electron chi connectivity index (χ1n) is 5.45. The van der Waals surface area contributed by atoms with E-state index in [-0.39, 0.29) is 5.56 Å². The van der Waals surface area contributed by atoms with Gasteiger partial charge in [0, 0.05) is 32.4 Å². The molecule has 0 atom stereocenters. The molecule has 1 aromatic heterocycles. The van der Waals surface area contributed by atoms with Gasteiger partial charge in [-0.2, -0.15) is 0 Å². The Balaban J connectivity index is 2.14. The highest BCUT2D eigenvalue weighted by Crippen LogP contribution is 2.25. The van der Waals surface area contributed by atoms with E-state index < -0.39 is 5.97 Å². The number of rotatable bonds is 3. The van der Waals surface area contributed by atoms with Gasteiger partial charge in [-0.3, -0.25) is 4.79 Å². The predicted octanol–water partition coefficient (Wildman–Crippen LogP) is 0.821. The molecule has 0 spiro atoms. The zero-order valence-corrected chi connectivity index (χ0v) is 11.1. The third kappa shape index (κ3) is 2.61. The summed E-state index contributed by atoms with van der Waals surface area (Å²) in [7, 11) is 0. The van der Waals surface area contributed by atoms with Crippen LogP contribution in [0.3, 0.4) is 0 Å². The molecule has 7 heteroatoms. The van der Waals surface area contributed by atoms with Crippen molar-refractivity contribution in [2.45, 2.75) is 0 Å². The molecule has 1 fully saturated rings. The molecule has 2 heterocycles. The quantitative estimate of drug-likeness (QED) is 0.836. The van der Waals surface area contributed by atoms with Gasteiger partial charge in [0.2, 0.25) is 6.41 Å². The average molecular weight is 314 g/mol. The van der Waals surface area contributed by atoms with Crippen LogP contribution in [-0.4, -0.2) is 53.5 Å². The number of anilines is 1. The highest BCUT2D eigenvalue weighted by molar-refractivity contribution is 9.10. The maximum absolute atomic E-state index is 10.8. The van der Waals surface area contributed by atoms with Gasteiger partial charge >= 0.3 is 5.97 Å². The van der Waals surface area contributed by atoms with E-state index in [0.29, 0.717) is 36.5 Å². The Bertz CT molecular complexity index is 473. The Hall–Kier alpha value is -1.63. The van der Waals surface area contributed by atoms with Crippen molar-refractivity contribution < 1.29 is 14.7 Å². The Morgan fingerprint density at radius 1 is 1.39 bits per heavy atom. The van der Waals surface area contributed by atoms with Crippen LogP contribution in [-0.2, 0) is 4.79 Å². The fourth-order valence-corrected chi connectivity index (χ4v) is 2.42. The lowest BCUT2D eigenvalue weighted by molar-refractivity contribution is -0.118. The SMILES string of the molecule is O=CN1CCN(c2ncc(C(=O)O)cc2Br)CC1. The van der Waals surface area contributed by atoms with Crippen molar-refractivity contribution in [3.05, 3.63) is 22.3 Å². The van der Waals surface area contributed by atoms with E-state index in [2.05, 4.69) is 20.9 Å². The number of piperazine rings is 1. The third-order valence-corrected chi connectivity index (χ3v) is 3.42. The molecule has 96 valence electrons. The van der Waals surface area contributed by atoms with Crippen LogP contribution in [0.4, 0.5) is 5.82 Å². The summed E-state index contributed by atoms with van der Waals surface area (Å²) in [6.45, 7) is 2.68. The van der Waals surface area contributed by atoms with Crippen LogP contribution in [0.1, 0.15) is 10.4 Å². The van der Waals surface area contributed by atoms with E-state index in [1.165, 1.54) is 12.3 Å². The number of carboxylic acids is 1. The van der Waals surface area contributed by atoms with E-state index in [1.807, 2.05) is 4.90 Å². The molecule has 0 radical (unpaired) electrons. The molecule has 1 N–H and O–H groups in total. The van der Waals surface area contributed by atoms with Crippen molar-refractivity contribution in [3.63, 3.8) is 0 Å². The van der Waals surface area contributed by atoms with Crippen LogP contribution in [0.25, 0.3) is 0 Å². The van der Waals surface area contributed by atoms with Crippen LogP contribution in [0.2, 0.25) is 0 Å². The molecule has 1 saturated heterocycles. The monoisotopic (exact) mass is 313 g/mol. The third-order valence-electron chi connectivity index (χ3n) is 2.83. The van der Waals surface area contributed by atoms with Crippen LogP contribution in [0.5, 0.6) is 0 Å². The lowest BCUT2D eigenvalue weighted by atomic mass is 10.2. The molecule has 2 rings (SSSR count). The van der Waals surface area contributed by atoms with Gasteiger partial charge < -0.3 is 14.9 Å². The second kappa shape index (κ2) is 5.34. The highest BCUT2D eigenvalue weighted by atomic mass is 79.9. The van der Waals surface area contributed by atoms with Crippen molar-refractivity contribution in [1.29, 1.82) is 0 Å². The molecular formula is C11H12BrN3O3. The van der Waals surface area contributed by atoms with Gasteiger partial charge in [0.25, 0.3) is 0 Å². The standard InChI is InChI=1S/C11H12BrN3O3/c12-9-5-8(11(17)18)6-13-10(9)15-3-1-14(7-16)2-4-15/h5-7H,1-4H2,(H,17,18). The number of pyridine rings is 1. The molecule has 6 nitrogen and oxygen atoms in total. The van der Waals surface area contributed by atoms with Crippen LogP contribution in [0, 0.1) is 0 Å². The summed E-state index contributed by atoms with van der Waals surface area (Å²) in [4.78, 5) is 29.3. The maximum atomic E-state index is 10.8. The number of hydrogen-bond acceptors (Lipinski definition) is 4. The van der Waals surface area contributed by atoms with Gasteiger partial charge in [-0.15, -0.1) is 0 Å². The minimum atomic E-state index is -1.000. The molecule has 1 aromatic rings. The fourth-order valence-electron chi connectivity index (χ4n) is 1.82. The number of carbonyl (C=O) groups excluding carboxylic acids is 1. The van der Waals surface area contributed by atoms with Crippen LogP contribution in [0.15, 0.2) is 16.7 Å². The number of carbonyl (C=O) groups is 2. The average Bonchev–Trinajstić information content (AvgIpc) is 2.38. The molecule has 0 unspecified atom stereocenters. The zero-order chi connectivity index (χ0) is 13.1. The summed E-state index contributed by atoms with van der Waals surface area (Å²) in [6.07, 6.45) is 2.18. The first-order valence-corrected chi connectivity index (χ1v) is 6.24. The number of hydrogen-bond donors (Lipinski definition) is 1. The Labute approximate surface area is 112 Å². The summed E-state index contributed by atoms with van der Waals surface area (Å²) >= 11 is 3.33. The van der Waals surface area contributed by atoms with Gasteiger partial charge in [-0.1, -0.05) is 0 Å². The van der Waals surface area contributed by atoms with Crippen molar-refractivity contribution in [2.75, 3.05) is 31.1 Å². The van der Waals surface area contributed by atoms with Gasteiger partial charge in [0.15, 0.2) is 0 Å². The van der Waals surface area contributed by atoms with Crippen molar-refractivity contribution in [3.8, 4) is 0 Å². The minimum absolute atomic E-state index is 0.150. The van der Waals surface area contributed by atoms with E-state index in [0.717, 1.165) is 6.41 Å². The van der Waals surface area contributed by atoms with Crippen molar-refractivity contribution in [1.82, 2.24) is 9.88 Å².